The number of aryl methyl sites for hydroxylation is 1. The van der Waals surface area contributed by atoms with Crippen LogP contribution in [-0.2, 0) is 14.3 Å². The maximum Gasteiger partial charge on any atom is 0.341 e. The number of hydrogen-bond donors (Lipinski definition) is 1. The third kappa shape index (κ3) is 8.26. The molecule has 0 amide bonds. The van der Waals surface area contributed by atoms with Gasteiger partial charge < -0.3 is 9.84 Å². The summed E-state index contributed by atoms with van der Waals surface area (Å²) in [4.78, 5) is 18.7. The summed E-state index contributed by atoms with van der Waals surface area (Å²) in [7, 11) is 0. The molecule has 0 saturated heterocycles. The molecule has 1 aromatic carbocycles. The summed E-state index contributed by atoms with van der Waals surface area (Å²) in [5, 5.41) is 7.76. The molecule has 0 heterocycles. The Morgan fingerprint density at radius 2 is 2.00 bits per heavy atom. The van der Waals surface area contributed by atoms with Gasteiger partial charge in [-0.25, -0.2) is 4.79 Å². The van der Waals surface area contributed by atoms with E-state index in [1.807, 2.05) is 18.2 Å². The van der Waals surface area contributed by atoms with E-state index >= 15 is 0 Å². The van der Waals surface area contributed by atoms with E-state index in [4.69, 9.17) is 5.11 Å². The average Bonchev–Trinajstić information content (AvgIpc) is 2.17. The van der Waals surface area contributed by atoms with Crippen LogP contribution in [0.15, 0.2) is 30.3 Å². The molecule has 0 unspecified atom stereocenters. The van der Waals surface area contributed by atoms with Crippen molar-refractivity contribution >= 4 is 12.4 Å². The van der Waals surface area contributed by atoms with E-state index in [0.717, 1.165) is 0 Å². The smallest absolute Gasteiger partial charge is 0.341 e. The standard InChI is InChI=1S/C7H8.C3H4O4/c1-7-5-3-2-4-6-7;4-2-7-1-3(5)6/h2-6H,1H3;2H,1H2,(H,5,6). The first kappa shape index (κ1) is 12.2. The SMILES string of the molecule is Cc1ccccc1.O=COCC(=O)O. The number of carbonyl (C=O) groups is 2. The van der Waals surface area contributed by atoms with Gasteiger partial charge in [-0.15, -0.1) is 0 Å². The molecule has 76 valence electrons. The van der Waals surface area contributed by atoms with Crippen LogP contribution in [0.3, 0.4) is 0 Å². The highest BCUT2D eigenvalue weighted by Gasteiger charge is 1.90. The Balaban J connectivity index is 0.000000241. The van der Waals surface area contributed by atoms with E-state index in [-0.39, 0.29) is 6.47 Å². The molecule has 0 atom stereocenters. The fraction of sp³-hybridized carbons (Fsp3) is 0.200. The maximum absolute atomic E-state index is 9.47. The van der Waals surface area contributed by atoms with Gasteiger partial charge >= 0.3 is 5.97 Å². The van der Waals surface area contributed by atoms with Crippen molar-refractivity contribution in [1.29, 1.82) is 0 Å². The normalized spacial score (nSPS) is 8.07. The van der Waals surface area contributed by atoms with Crippen LogP contribution in [0.5, 0.6) is 0 Å². The number of carboxylic acids is 1. The highest BCUT2D eigenvalue weighted by molar-refractivity contribution is 5.69. The number of carboxylic acid groups (broad SMARTS) is 1. The summed E-state index contributed by atoms with van der Waals surface area (Å²) < 4.78 is 3.81. The highest BCUT2D eigenvalue weighted by Crippen LogP contribution is 1.92. The summed E-state index contributed by atoms with van der Waals surface area (Å²) >= 11 is 0. The number of hydrogen-bond acceptors (Lipinski definition) is 3. The van der Waals surface area contributed by atoms with Crippen molar-refractivity contribution in [2.45, 2.75) is 6.92 Å². The van der Waals surface area contributed by atoms with E-state index in [0.29, 0.717) is 0 Å². The Morgan fingerprint density at radius 3 is 2.21 bits per heavy atom. The topological polar surface area (TPSA) is 63.6 Å². The van der Waals surface area contributed by atoms with E-state index in [1.165, 1.54) is 5.56 Å². The third-order valence-corrected chi connectivity index (χ3v) is 1.22. The van der Waals surface area contributed by atoms with E-state index in [9.17, 15) is 9.59 Å². The predicted molar refractivity (Wildman–Crippen MR) is 50.8 cm³/mol. The van der Waals surface area contributed by atoms with Gasteiger partial charge in [-0.05, 0) is 6.92 Å². The first-order chi connectivity index (χ1) is 6.66. The lowest BCUT2D eigenvalue weighted by molar-refractivity contribution is -0.147. The van der Waals surface area contributed by atoms with Crippen molar-refractivity contribution in [2.24, 2.45) is 0 Å². The fourth-order valence-electron chi connectivity index (χ4n) is 0.640. The third-order valence-electron chi connectivity index (χ3n) is 1.22. The fourth-order valence-corrected chi connectivity index (χ4v) is 0.640. The van der Waals surface area contributed by atoms with Crippen molar-refractivity contribution in [2.75, 3.05) is 6.61 Å². The molecule has 0 radical (unpaired) electrons. The summed E-state index contributed by atoms with van der Waals surface area (Å²) in [5.41, 5.74) is 1.32. The van der Waals surface area contributed by atoms with Crippen LogP contribution in [0.4, 0.5) is 0 Å². The largest absolute Gasteiger partial charge is 0.479 e. The van der Waals surface area contributed by atoms with Gasteiger partial charge in [0.25, 0.3) is 6.47 Å². The van der Waals surface area contributed by atoms with Crippen LogP contribution in [0.25, 0.3) is 0 Å². The molecule has 0 saturated carbocycles. The van der Waals surface area contributed by atoms with Gasteiger partial charge in [0.05, 0.1) is 0 Å². The van der Waals surface area contributed by atoms with Crippen LogP contribution < -0.4 is 0 Å². The molecule has 4 heteroatoms. The predicted octanol–water partition coefficient (Wildman–Crippen LogP) is 1.24. The monoisotopic (exact) mass is 196 g/mol. The molecular formula is C10H12O4. The second kappa shape index (κ2) is 7.79. The molecular weight excluding hydrogens is 184 g/mol. The molecule has 14 heavy (non-hydrogen) atoms. The van der Waals surface area contributed by atoms with Crippen molar-refractivity contribution in [3.63, 3.8) is 0 Å². The van der Waals surface area contributed by atoms with Gasteiger partial charge in [0.15, 0.2) is 6.61 Å². The molecule has 0 bridgehead atoms. The molecule has 0 aliphatic rings. The molecule has 1 aromatic rings. The van der Waals surface area contributed by atoms with Crippen LogP contribution >= 0.6 is 0 Å². The number of rotatable bonds is 3. The minimum Gasteiger partial charge on any atom is -0.479 e. The van der Waals surface area contributed by atoms with Gasteiger partial charge in [-0.3, -0.25) is 4.79 Å². The lowest BCUT2D eigenvalue weighted by Crippen LogP contribution is -2.04. The summed E-state index contributed by atoms with van der Waals surface area (Å²) in [5.74, 6) is -1.15. The van der Waals surface area contributed by atoms with Crippen molar-refractivity contribution < 1.29 is 19.4 Å². The maximum atomic E-state index is 9.47. The molecule has 1 N–H and O–H groups in total. The lowest BCUT2D eigenvalue weighted by Gasteiger charge is -1.85. The van der Waals surface area contributed by atoms with Gasteiger partial charge in [-0.1, -0.05) is 35.9 Å². The van der Waals surface area contributed by atoms with Crippen LogP contribution in [0.1, 0.15) is 5.56 Å². The van der Waals surface area contributed by atoms with E-state index < -0.39 is 12.6 Å². The summed E-state index contributed by atoms with van der Waals surface area (Å²) in [6.07, 6.45) is 0. The number of ether oxygens (including phenoxy) is 1. The quantitative estimate of drug-likeness (QED) is 0.739. The first-order valence-electron chi connectivity index (χ1n) is 3.95. The van der Waals surface area contributed by atoms with Gasteiger partial charge in [0.1, 0.15) is 0 Å². The second-order valence-corrected chi connectivity index (χ2v) is 2.46. The van der Waals surface area contributed by atoms with Crippen molar-refractivity contribution in [3.8, 4) is 0 Å². The molecule has 0 spiro atoms. The first-order valence-corrected chi connectivity index (χ1v) is 3.95. The Morgan fingerprint density at radius 1 is 1.43 bits per heavy atom. The van der Waals surface area contributed by atoms with Crippen LogP contribution in [0, 0.1) is 6.92 Å². The minimum absolute atomic E-state index is 0.0914. The van der Waals surface area contributed by atoms with Gasteiger partial charge in [0, 0.05) is 0 Å². The highest BCUT2D eigenvalue weighted by atomic mass is 16.5. The minimum atomic E-state index is -1.15. The zero-order chi connectivity index (χ0) is 10.8. The Kier molecular flexibility index (Phi) is 6.77. The molecule has 0 aromatic heterocycles. The number of carbonyl (C=O) groups excluding carboxylic acids is 1. The molecule has 0 fully saturated rings. The Bertz CT molecular complexity index is 269. The summed E-state index contributed by atoms with van der Waals surface area (Å²) in [6, 6.07) is 10.3. The van der Waals surface area contributed by atoms with Crippen LogP contribution in [-0.4, -0.2) is 24.2 Å². The molecule has 1 rings (SSSR count). The van der Waals surface area contributed by atoms with Crippen molar-refractivity contribution in [3.05, 3.63) is 35.9 Å². The molecule has 0 aliphatic carbocycles. The Hall–Kier alpha value is -1.84. The zero-order valence-corrected chi connectivity index (χ0v) is 7.84. The van der Waals surface area contributed by atoms with Crippen molar-refractivity contribution in [1.82, 2.24) is 0 Å². The number of benzene rings is 1. The lowest BCUT2D eigenvalue weighted by atomic mass is 10.2. The molecule has 0 aliphatic heterocycles. The second-order valence-electron chi connectivity index (χ2n) is 2.46. The van der Waals surface area contributed by atoms with Gasteiger partial charge in [-0.2, -0.15) is 0 Å². The summed E-state index contributed by atoms with van der Waals surface area (Å²) in [6.45, 7) is 1.62. The molecule has 4 nitrogen and oxygen atoms in total. The van der Waals surface area contributed by atoms with E-state index in [2.05, 4.69) is 23.8 Å². The zero-order valence-electron chi connectivity index (χ0n) is 7.84. The van der Waals surface area contributed by atoms with Gasteiger partial charge in [0.2, 0.25) is 0 Å². The average molecular weight is 196 g/mol. The van der Waals surface area contributed by atoms with E-state index in [1.54, 1.807) is 0 Å². The van der Waals surface area contributed by atoms with Crippen LogP contribution in [0.2, 0.25) is 0 Å². The Labute approximate surface area is 82.1 Å². The number of aliphatic carboxylic acids is 1.